The molecule has 0 unspecified atom stereocenters. The van der Waals surface area contributed by atoms with E-state index in [4.69, 9.17) is 9.47 Å². The first-order valence-corrected chi connectivity index (χ1v) is 11.6. The molecule has 1 N–H and O–H groups in total. The summed E-state index contributed by atoms with van der Waals surface area (Å²) in [7, 11) is 0. The second-order valence-corrected chi connectivity index (χ2v) is 9.58. The number of ether oxygens (including phenoxy) is 2. The van der Waals surface area contributed by atoms with Crippen molar-refractivity contribution in [1.82, 2.24) is 5.32 Å². The minimum atomic E-state index is 0.240. The summed E-state index contributed by atoms with van der Waals surface area (Å²) in [5.41, 5.74) is 0.338. The highest BCUT2D eigenvalue weighted by Crippen LogP contribution is 2.61. The molecule has 4 fully saturated rings. The van der Waals surface area contributed by atoms with Gasteiger partial charge in [0.1, 0.15) is 0 Å². The number of hydrogen-bond donors (Lipinski definition) is 1. The number of nitrogens with one attached hydrogen (secondary N) is 1. The second-order valence-electron chi connectivity index (χ2n) is 9.58. The van der Waals surface area contributed by atoms with Gasteiger partial charge in [0.05, 0.1) is 19.8 Å². The lowest BCUT2D eigenvalue weighted by Crippen LogP contribution is -2.48. The predicted molar refractivity (Wildman–Crippen MR) is 109 cm³/mol. The van der Waals surface area contributed by atoms with E-state index in [2.05, 4.69) is 12.2 Å². The fourth-order valence-corrected chi connectivity index (χ4v) is 6.30. The van der Waals surface area contributed by atoms with Crippen molar-refractivity contribution in [3.8, 4) is 0 Å². The number of carbonyl (C=O) groups excluding carboxylic acids is 1. The molecule has 0 spiro atoms. The number of amides is 1. The number of rotatable bonds is 14. The van der Waals surface area contributed by atoms with Crippen LogP contribution in [0.2, 0.25) is 0 Å². The second kappa shape index (κ2) is 10.8. The molecule has 4 aliphatic rings. The molecule has 0 heterocycles. The summed E-state index contributed by atoms with van der Waals surface area (Å²) in [5, 5.41) is 3.08. The SMILES string of the molecule is CCCCCCCOCCOCCNC(=O)CC12CC3CC(CC(C3)C1)C2. The third-order valence-corrected chi connectivity index (χ3v) is 7.03. The molecule has 4 rings (SSSR count). The van der Waals surface area contributed by atoms with Gasteiger partial charge in [0.15, 0.2) is 0 Å². The molecule has 0 radical (unpaired) electrons. The van der Waals surface area contributed by atoms with Gasteiger partial charge in [0.2, 0.25) is 5.91 Å². The van der Waals surface area contributed by atoms with E-state index < -0.39 is 0 Å². The van der Waals surface area contributed by atoms with Crippen LogP contribution in [0.25, 0.3) is 0 Å². The average molecular weight is 380 g/mol. The van der Waals surface area contributed by atoms with Gasteiger partial charge in [-0.25, -0.2) is 0 Å². The molecule has 4 saturated carbocycles. The van der Waals surface area contributed by atoms with Crippen molar-refractivity contribution in [3.05, 3.63) is 0 Å². The summed E-state index contributed by atoms with van der Waals surface area (Å²) in [6, 6.07) is 0. The standard InChI is InChI=1S/C23H41NO3/c1-2-3-4-5-6-8-26-10-11-27-9-7-24-22(25)18-23-15-19-12-20(16-23)14-21(13-19)17-23/h19-21H,2-18H2,1H3,(H,24,25). The number of hydrogen-bond acceptors (Lipinski definition) is 3. The first kappa shape index (κ1) is 21.1. The van der Waals surface area contributed by atoms with Gasteiger partial charge in [-0.05, 0) is 68.1 Å². The molecular formula is C23H41NO3. The van der Waals surface area contributed by atoms with Crippen molar-refractivity contribution < 1.29 is 14.3 Å². The van der Waals surface area contributed by atoms with Gasteiger partial charge >= 0.3 is 0 Å². The van der Waals surface area contributed by atoms with E-state index in [9.17, 15) is 4.79 Å². The zero-order valence-corrected chi connectivity index (χ0v) is 17.5. The zero-order valence-electron chi connectivity index (χ0n) is 17.5. The fraction of sp³-hybridized carbons (Fsp3) is 0.957. The summed E-state index contributed by atoms with van der Waals surface area (Å²) in [4.78, 5) is 12.4. The summed E-state index contributed by atoms with van der Waals surface area (Å²) in [6.45, 7) is 5.58. The van der Waals surface area contributed by atoms with E-state index in [1.54, 1.807) is 0 Å². The van der Waals surface area contributed by atoms with E-state index in [0.717, 1.165) is 37.2 Å². The predicted octanol–water partition coefficient (Wildman–Crippen LogP) is 4.71. The van der Waals surface area contributed by atoms with Crippen LogP contribution in [-0.2, 0) is 14.3 Å². The van der Waals surface area contributed by atoms with Crippen molar-refractivity contribution in [1.29, 1.82) is 0 Å². The van der Waals surface area contributed by atoms with Crippen molar-refractivity contribution in [2.75, 3.05) is 33.0 Å². The maximum atomic E-state index is 12.4. The molecule has 0 aromatic carbocycles. The summed E-state index contributed by atoms with van der Waals surface area (Å²) < 4.78 is 11.2. The maximum absolute atomic E-state index is 12.4. The molecule has 4 bridgehead atoms. The lowest BCUT2D eigenvalue weighted by Gasteiger charge is -2.56. The molecular weight excluding hydrogens is 338 g/mol. The summed E-state index contributed by atoms with van der Waals surface area (Å²) in [6.07, 6.45) is 15.3. The molecule has 0 aliphatic heterocycles. The molecule has 0 aromatic rings. The molecule has 0 atom stereocenters. The molecule has 0 saturated heterocycles. The number of unbranched alkanes of at least 4 members (excludes halogenated alkanes) is 4. The van der Waals surface area contributed by atoms with Crippen molar-refractivity contribution in [2.45, 2.75) is 84.0 Å². The Kier molecular flexibility index (Phi) is 8.45. The van der Waals surface area contributed by atoms with Gasteiger partial charge in [-0.15, -0.1) is 0 Å². The summed E-state index contributed by atoms with van der Waals surface area (Å²) in [5.74, 6) is 2.99. The third-order valence-electron chi connectivity index (χ3n) is 7.03. The quantitative estimate of drug-likeness (QED) is 0.445. The van der Waals surface area contributed by atoms with Gasteiger partial charge < -0.3 is 14.8 Å². The van der Waals surface area contributed by atoms with Crippen molar-refractivity contribution in [2.24, 2.45) is 23.2 Å². The molecule has 1 amide bonds. The number of carbonyl (C=O) groups is 1. The Bertz CT molecular complexity index is 416. The topological polar surface area (TPSA) is 47.6 Å². The lowest BCUT2D eigenvalue weighted by atomic mass is 9.49. The van der Waals surface area contributed by atoms with E-state index in [0.29, 0.717) is 31.8 Å². The highest BCUT2D eigenvalue weighted by Gasteiger charge is 2.51. The van der Waals surface area contributed by atoms with E-state index >= 15 is 0 Å². The van der Waals surface area contributed by atoms with Crippen LogP contribution >= 0.6 is 0 Å². The van der Waals surface area contributed by atoms with Gasteiger partial charge in [0, 0.05) is 19.6 Å². The Morgan fingerprint density at radius 3 is 2.07 bits per heavy atom. The average Bonchev–Trinajstić information content (AvgIpc) is 2.61. The van der Waals surface area contributed by atoms with Crippen molar-refractivity contribution in [3.63, 3.8) is 0 Å². The molecule has 156 valence electrons. The normalized spacial score (nSPS) is 31.4. The Labute approximate surface area is 166 Å². The van der Waals surface area contributed by atoms with Crippen molar-refractivity contribution >= 4 is 5.91 Å². The monoisotopic (exact) mass is 379 g/mol. The van der Waals surface area contributed by atoms with Crippen LogP contribution in [0.15, 0.2) is 0 Å². The van der Waals surface area contributed by atoms with Crippen LogP contribution < -0.4 is 5.32 Å². The van der Waals surface area contributed by atoms with Crippen LogP contribution in [0, 0.1) is 23.2 Å². The Morgan fingerprint density at radius 2 is 1.44 bits per heavy atom. The smallest absolute Gasteiger partial charge is 0.220 e. The molecule has 4 nitrogen and oxygen atoms in total. The van der Waals surface area contributed by atoms with Gasteiger partial charge in [0.25, 0.3) is 0 Å². The van der Waals surface area contributed by atoms with Gasteiger partial charge in [-0.3, -0.25) is 4.79 Å². The molecule has 4 aliphatic carbocycles. The third kappa shape index (κ3) is 6.74. The van der Waals surface area contributed by atoms with Gasteiger partial charge in [-0.1, -0.05) is 32.6 Å². The Morgan fingerprint density at radius 1 is 0.852 bits per heavy atom. The van der Waals surface area contributed by atoms with Crippen LogP contribution in [0.5, 0.6) is 0 Å². The van der Waals surface area contributed by atoms with Gasteiger partial charge in [-0.2, -0.15) is 0 Å². The minimum absolute atomic E-state index is 0.240. The first-order chi connectivity index (χ1) is 13.2. The molecule has 4 heteroatoms. The van der Waals surface area contributed by atoms with E-state index in [1.165, 1.54) is 64.2 Å². The molecule has 0 aromatic heterocycles. The lowest BCUT2D eigenvalue weighted by molar-refractivity contribution is -0.129. The maximum Gasteiger partial charge on any atom is 0.220 e. The largest absolute Gasteiger partial charge is 0.379 e. The van der Waals surface area contributed by atoms with E-state index in [1.807, 2.05) is 0 Å². The highest BCUT2D eigenvalue weighted by molar-refractivity contribution is 5.76. The summed E-state index contributed by atoms with van der Waals surface area (Å²) >= 11 is 0. The fourth-order valence-electron chi connectivity index (χ4n) is 6.30. The van der Waals surface area contributed by atoms with Crippen LogP contribution in [-0.4, -0.2) is 38.9 Å². The van der Waals surface area contributed by atoms with E-state index in [-0.39, 0.29) is 5.91 Å². The Balaban J connectivity index is 1.16. The molecule has 27 heavy (non-hydrogen) atoms. The minimum Gasteiger partial charge on any atom is -0.379 e. The Hall–Kier alpha value is -0.610. The van der Waals surface area contributed by atoms with Crippen LogP contribution in [0.4, 0.5) is 0 Å². The van der Waals surface area contributed by atoms with Crippen LogP contribution in [0.1, 0.15) is 84.0 Å². The first-order valence-electron chi connectivity index (χ1n) is 11.6. The highest BCUT2D eigenvalue weighted by atomic mass is 16.5. The van der Waals surface area contributed by atoms with Crippen LogP contribution in [0.3, 0.4) is 0 Å². The zero-order chi connectivity index (χ0) is 19.0.